The number of rotatable bonds is 7. The lowest BCUT2D eigenvalue weighted by molar-refractivity contribution is 0.0987. The minimum atomic E-state index is -0.274. The molecule has 0 unspecified atom stereocenters. The van der Waals surface area contributed by atoms with Crippen LogP contribution < -0.4 is 19.2 Å². The molecule has 0 fully saturated rings. The highest BCUT2D eigenvalue weighted by atomic mass is 79.9. The maximum absolute atomic E-state index is 13.7. The minimum absolute atomic E-state index is 0.274. The zero-order chi connectivity index (χ0) is 25.1. The molecule has 1 amide bonds. The van der Waals surface area contributed by atoms with Crippen molar-refractivity contribution in [2.45, 2.75) is 13.8 Å². The van der Waals surface area contributed by atoms with E-state index in [-0.39, 0.29) is 5.91 Å². The first-order chi connectivity index (χ1) is 16.8. The molecular weight excluding hydrogens is 530 g/mol. The molecule has 4 rings (SSSR count). The first kappa shape index (κ1) is 24.7. The number of aromatic nitrogens is 1. The Bertz CT molecular complexity index is 1410. The molecule has 7 nitrogen and oxygen atoms in total. The van der Waals surface area contributed by atoms with Gasteiger partial charge >= 0.3 is 0 Å². The molecule has 0 aliphatic heterocycles. The van der Waals surface area contributed by atoms with Gasteiger partial charge in [0.15, 0.2) is 11.5 Å². The molecule has 0 bridgehead atoms. The van der Waals surface area contributed by atoms with Crippen LogP contribution in [0.2, 0.25) is 0 Å². The number of ether oxygens (including phenoxy) is 3. The van der Waals surface area contributed by atoms with Crippen LogP contribution in [-0.2, 0) is 0 Å². The summed E-state index contributed by atoms with van der Waals surface area (Å²) in [7, 11) is 4.64. The third kappa shape index (κ3) is 5.16. The molecule has 0 spiro atoms. The summed E-state index contributed by atoms with van der Waals surface area (Å²) in [4.78, 5) is 18.4. The van der Waals surface area contributed by atoms with Crippen LogP contribution in [-0.4, -0.2) is 38.4 Å². The molecule has 180 valence electrons. The SMILES string of the molecule is COc1cc(/C=N/N(C(=O)c2ccc(C)cc2C)c2nc3ccc(Br)cc3s2)cc(OC)c1OC. The molecule has 0 atom stereocenters. The van der Waals surface area contributed by atoms with Gasteiger partial charge in [-0.25, -0.2) is 4.98 Å². The number of methoxy groups -OCH3 is 3. The quantitative estimate of drug-likeness (QED) is 0.196. The molecule has 0 saturated heterocycles. The first-order valence-corrected chi connectivity index (χ1v) is 12.3. The Labute approximate surface area is 216 Å². The van der Waals surface area contributed by atoms with Crippen LogP contribution in [0, 0.1) is 13.8 Å². The number of amides is 1. The molecule has 0 aliphatic rings. The predicted molar refractivity (Wildman–Crippen MR) is 144 cm³/mol. The highest BCUT2D eigenvalue weighted by molar-refractivity contribution is 9.10. The number of anilines is 1. The third-order valence-electron chi connectivity index (χ3n) is 5.33. The van der Waals surface area contributed by atoms with Crippen molar-refractivity contribution in [3.05, 3.63) is 75.3 Å². The van der Waals surface area contributed by atoms with Gasteiger partial charge in [0.05, 0.1) is 37.8 Å². The third-order valence-corrected chi connectivity index (χ3v) is 6.82. The molecule has 9 heteroatoms. The Balaban J connectivity index is 1.81. The van der Waals surface area contributed by atoms with Crippen LogP contribution in [0.1, 0.15) is 27.0 Å². The standard InChI is InChI=1S/C26H24BrN3O4S/c1-15-6-8-19(16(2)10-15)25(31)30(26-29-20-9-7-18(27)13-23(20)35-26)28-14-17-11-21(32-3)24(34-5)22(12-17)33-4/h6-14H,1-5H3/b28-14+. The molecule has 1 aromatic heterocycles. The maximum Gasteiger partial charge on any atom is 0.281 e. The first-order valence-electron chi connectivity index (χ1n) is 10.7. The maximum atomic E-state index is 13.7. The monoisotopic (exact) mass is 553 g/mol. The van der Waals surface area contributed by atoms with Crippen molar-refractivity contribution in [1.82, 2.24) is 4.98 Å². The molecule has 0 saturated carbocycles. The largest absolute Gasteiger partial charge is 0.493 e. The van der Waals surface area contributed by atoms with Crippen molar-refractivity contribution in [3.63, 3.8) is 0 Å². The van der Waals surface area contributed by atoms with Gasteiger partial charge in [-0.2, -0.15) is 10.1 Å². The van der Waals surface area contributed by atoms with Crippen molar-refractivity contribution in [1.29, 1.82) is 0 Å². The summed E-state index contributed by atoms with van der Waals surface area (Å²) < 4.78 is 18.2. The minimum Gasteiger partial charge on any atom is -0.493 e. The Morgan fingerprint density at radius 3 is 2.34 bits per heavy atom. The van der Waals surface area contributed by atoms with Gasteiger partial charge in [-0.1, -0.05) is 45.0 Å². The summed E-state index contributed by atoms with van der Waals surface area (Å²) in [6.45, 7) is 3.91. The number of fused-ring (bicyclic) bond motifs is 1. The van der Waals surface area contributed by atoms with Crippen molar-refractivity contribution in [2.24, 2.45) is 5.10 Å². The van der Waals surface area contributed by atoms with E-state index in [1.807, 2.05) is 50.2 Å². The zero-order valence-electron chi connectivity index (χ0n) is 20.0. The zero-order valence-corrected chi connectivity index (χ0v) is 22.4. The van der Waals surface area contributed by atoms with Crippen LogP contribution in [0.4, 0.5) is 5.13 Å². The molecule has 0 radical (unpaired) electrons. The van der Waals surface area contributed by atoms with Crippen LogP contribution in [0.15, 0.2) is 58.1 Å². The van der Waals surface area contributed by atoms with Gasteiger partial charge in [0.2, 0.25) is 10.9 Å². The Kier molecular flexibility index (Phi) is 7.37. The van der Waals surface area contributed by atoms with Crippen molar-refractivity contribution in [3.8, 4) is 17.2 Å². The molecule has 3 aromatic carbocycles. The van der Waals surface area contributed by atoms with Gasteiger partial charge in [0.25, 0.3) is 5.91 Å². The second-order valence-electron chi connectivity index (χ2n) is 7.75. The molecule has 35 heavy (non-hydrogen) atoms. The van der Waals surface area contributed by atoms with Gasteiger partial charge < -0.3 is 14.2 Å². The van der Waals surface area contributed by atoms with E-state index in [4.69, 9.17) is 14.2 Å². The van der Waals surface area contributed by atoms with Crippen LogP contribution in [0.3, 0.4) is 0 Å². The second kappa shape index (κ2) is 10.5. The van der Waals surface area contributed by atoms with E-state index in [0.717, 1.165) is 25.8 Å². The van der Waals surface area contributed by atoms with Gasteiger partial charge in [0.1, 0.15) is 0 Å². The van der Waals surface area contributed by atoms with Gasteiger partial charge in [-0.15, -0.1) is 0 Å². The summed E-state index contributed by atoms with van der Waals surface area (Å²) in [5.74, 6) is 1.19. The number of carbonyl (C=O) groups excluding carboxylic acids is 1. The number of hydrazone groups is 1. The molecule has 1 heterocycles. The van der Waals surface area contributed by atoms with E-state index < -0.39 is 0 Å². The summed E-state index contributed by atoms with van der Waals surface area (Å²) in [6, 6.07) is 15.0. The number of nitrogens with zero attached hydrogens (tertiary/aromatic N) is 3. The number of thiazole rings is 1. The lowest BCUT2D eigenvalue weighted by Gasteiger charge is -2.16. The fourth-order valence-electron chi connectivity index (χ4n) is 3.63. The van der Waals surface area contributed by atoms with E-state index in [1.54, 1.807) is 39.7 Å². The number of halogens is 1. The van der Waals surface area contributed by atoms with Gasteiger partial charge in [-0.05, 0) is 55.8 Å². The number of carbonyl (C=O) groups is 1. The highest BCUT2D eigenvalue weighted by Crippen LogP contribution is 2.38. The average molecular weight is 554 g/mol. The topological polar surface area (TPSA) is 73.2 Å². The summed E-state index contributed by atoms with van der Waals surface area (Å²) >= 11 is 4.88. The summed E-state index contributed by atoms with van der Waals surface area (Å²) in [5, 5.41) is 6.37. The Hall–Kier alpha value is -3.43. The van der Waals surface area contributed by atoms with Crippen molar-refractivity contribution in [2.75, 3.05) is 26.3 Å². The number of aryl methyl sites for hydroxylation is 2. The number of benzene rings is 3. The predicted octanol–water partition coefficient (Wildman–Crippen LogP) is 6.38. The van der Waals surface area contributed by atoms with Crippen molar-refractivity contribution < 1.29 is 19.0 Å². The lowest BCUT2D eigenvalue weighted by Crippen LogP contribution is -2.26. The van der Waals surface area contributed by atoms with Crippen molar-refractivity contribution >= 4 is 54.7 Å². The summed E-state index contributed by atoms with van der Waals surface area (Å²) in [5.41, 5.74) is 3.96. The second-order valence-corrected chi connectivity index (χ2v) is 9.67. The number of hydrogen-bond donors (Lipinski definition) is 0. The van der Waals surface area contributed by atoms with E-state index in [9.17, 15) is 4.79 Å². The van der Waals surface area contributed by atoms with Gasteiger partial charge in [-0.3, -0.25) is 4.79 Å². The molecule has 0 aliphatic carbocycles. The lowest BCUT2D eigenvalue weighted by atomic mass is 10.1. The smallest absolute Gasteiger partial charge is 0.281 e. The highest BCUT2D eigenvalue weighted by Gasteiger charge is 2.23. The van der Waals surface area contributed by atoms with Crippen LogP contribution >= 0.6 is 27.3 Å². The molecule has 4 aromatic rings. The van der Waals surface area contributed by atoms with Gasteiger partial charge in [0, 0.05) is 15.6 Å². The van der Waals surface area contributed by atoms with Crippen LogP contribution in [0.5, 0.6) is 17.2 Å². The fourth-order valence-corrected chi connectivity index (χ4v) is 5.11. The molecule has 0 N–H and O–H groups in total. The Morgan fingerprint density at radius 1 is 1.00 bits per heavy atom. The normalized spacial score (nSPS) is 11.1. The summed E-state index contributed by atoms with van der Waals surface area (Å²) in [6.07, 6.45) is 1.58. The number of hydrogen-bond acceptors (Lipinski definition) is 7. The van der Waals surface area contributed by atoms with E-state index >= 15 is 0 Å². The van der Waals surface area contributed by atoms with E-state index in [0.29, 0.717) is 33.5 Å². The van der Waals surface area contributed by atoms with E-state index in [2.05, 4.69) is 26.0 Å². The average Bonchev–Trinajstić information content (AvgIpc) is 3.25. The fraction of sp³-hybridized carbons (Fsp3) is 0.192. The van der Waals surface area contributed by atoms with E-state index in [1.165, 1.54) is 16.3 Å². The molecular formula is C26H24BrN3O4S. The Morgan fingerprint density at radius 2 is 1.71 bits per heavy atom. The van der Waals surface area contributed by atoms with Crippen LogP contribution in [0.25, 0.3) is 10.2 Å².